The van der Waals surface area contributed by atoms with Gasteiger partial charge in [0.2, 0.25) is 0 Å². The Morgan fingerprint density at radius 1 is 0.630 bits per heavy atom. The van der Waals surface area contributed by atoms with Crippen LogP contribution in [0.3, 0.4) is 0 Å². The molecule has 0 N–H and O–H groups in total. The van der Waals surface area contributed by atoms with Gasteiger partial charge in [0.15, 0.2) is 0 Å². The smallest absolute Gasteiger partial charge is 0.0619 e. The molecule has 1 heterocycles. The van der Waals surface area contributed by atoms with E-state index in [4.69, 9.17) is 0 Å². The van der Waals surface area contributed by atoms with Gasteiger partial charge >= 0.3 is 0 Å². The van der Waals surface area contributed by atoms with Gasteiger partial charge in [0.25, 0.3) is 0 Å². The Labute approximate surface area is 270 Å². The van der Waals surface area contributed by atoms with E-state index >= 15 is 0 Å². The second-order valence-electron chi connectivity index (χ2n) is 13.3. The van der Waals surface area contributed by atoms with Crippen molar-refractivity contribution in [2.45, 2.75) is 38.1 Å². The number of hydrogen-bond donors (Lipinski definition) is 0. The van der Waals surface area contributed by atoms with Crippen molar-refractivity contribution in [1.29, 1.82) is 0 Å². The Hall–Kier alpha value is -5.34. The molecule has 0 fully saturated rings. The molecule has 2 atom stereocenters. The van der Waals surface area contributed by atoms with E-state index in [-0.39, 0.29) is 17.4 Å². The summed E-state index contributed by atoms with van der Waals surface area (Å²) in [6, 6.07) is 51.0. The van der Waals surface area contributed by atoms with Gasteiger partial charge < -0.3 is 9.47 Å². The van der Waals surface area contributed by atoms with Gasteiger partial charge in [0.05, 0.1) is 11.6 Å². The van der Waals surface area contributed by atoms with Gasteiger partial charge in [-0.2, -0.15) is 0 Å². The van der Waals surface area contributed by atoms with Crippen molar-refractivity contribution in [2.24, 2.45) is 0 Å². The van der Waals surface area contributed by atoms with Crippen molar-refractivity contribution in [3.8, 4) is 16.8 Å². The molecule has 46 heavy (non-hydrogen) atoms. The third-order valence-electron chi connectivity index (χ3n) is 10.5. The Morgan fingerprint density at radius 2 is 1.20 bits per heavy atom. The molecule has 1 aromatic heterocycles. The van der Waals surface area contributed by atoms with Crippen LogP contribution < -0.4 is 4.90 Å². The van der Waals surface area contributed by atoms with Crippen LogP contribution in [0.15, 0.2) is 146 Å². The van der Waals surface area contributed by atoms with E-state index in [0.717, 1.165) is 0 Å². The number of anilines is 2. The van der Waals surface area contributed by atoms with E-state index in [1.165, 1.54) is 72.2 Å². The van der Waals surface area contributed by atoms with Gasteiger partial charge in [-0.1, -0.05) is 136 Å². The maximum absolute atomic E-state index is 2.60. The zero-order valence-corrected chi connectivity index (χ0v) is 26.5. The number of rotatable bonds is 4. The van der Waals surface area contributed by atoms with Crippen molar-refractivity contribution in [3.63, 3.8) is 0 Å². The molecule has 0 spiro atoms. The number of nitrogens with zero attached hydrogens (tertiary/aromatic N) is 2. The van der Waals surface area contributed by atoms with Gasteiger partial charge in [-0.3, -0.25) is 0 Å². The fraction of sp³-hybridized carbons (Fsp3) is 0.136. The average Bonchev–Trinajstić information content (AvgIpc) is 3.57. The first-order chi connectivity index (χ1) is 22.6. The Balaban J connectivity index is 1.40. The molecule has 2 nitrogen and oxygen atoms in total. The van der Waals surface area contributed by atoms with Gasteiger partial charge in [0.1, 0.15) is 0 Å². The summed E-state index contributed by atoms with van der Waals surface area (Å²) in [5.41, 5.74) is 13.1. The van der Waals surface area contributed by atoms with Gasteiger partial charge in [-0.15, -0.1) is 0 Å². The summed E-state index contributed by atoms with van der Waals surface area (Å²) < 4.78 is 2.60. The molecule has 222 valence electrons. The lowest BCUT2D eigenvalue weighted by atomic mass is 9.78. The molecule has 7 aromatic rings. The lowest BCUT2D eigenvalue weighted by Gasteiger charge is -2.38. The van der Waals surface area contributed by atoms with E-state index in [2.05, 4.69) is 182 Å². The molecule has 0 saturated heterocycles. The monoisotopic (exact) mass is 592 g/mol. The second kappa shape index (κ2) is 10.1. The first-order valence-corrected chi connectivity index (χ1v) is 16.4. The molecular formula is C44H36N2. The largest absolute Gasteiger partial charge is 0.334 e. The summed E-state index contributed by atoms with van der Waals surface area (Å²) in [6.45, 7) is 7.26. The topological polar surface area (TPSA) is 8.17 Å². The number of aromatic nitrogens is 1. The molecule has 0 bridgehead atoms. The molecular weight excluding hydrogens is 556 g/mol. The quantitative estimate of drug-likeness (QED) is 0.197. The Morgan fingerprint density at radius 3 is 1.87 bits per heavy atom. The zero-order chi connectivity index (χ0) is 31.0. The third-order valence-corrected chi connectivity index (χ3v) is 10.5. The minimum Gasteiger partial charge on any atom is -0.334 e. The van der Waals surface area contributed by atoms with Gasteiger partial charge in [0, 0.05) is 50.4 Å². The molecule has 2 unspecified atom stereocenters. The summed E-state index contributed by atoms with van der Waals surface area (Å²) in [5, 5.41) is 4.03. The first kappa shape index (κ1) is 27.0. The molecule has 2 aliphatic rings. The fourth-order valence-electron chi connectivity index (χ4n) is 8.54. The summed E-state index contributed by atoms with van der Waals surface area (Å²) in [5.74, 6) is 0.189. The molecule has 2 aliphatic carbocycles. The predicted molar refractivity (Wildman–Crippen MR) is 195 cm³/mol. The van der Waals surface area contributed by atoms with Gasteiger partial charge in [-0.25, -0.2) is 0 Å². The fourth-order valence-corrected chi connectivity index (χ4v) is 8.54. The second-order valence-corrected chi connectivity index (χ2v) is 13.3. The summed E-state index contributed by atoms with van der Waals surface area (Å²) in [4.78, 5) is 2.51. The van der Waals surface area contributed by atoms with Crippen LogP contribution in [0.5, 0.6) is 0 Å². The Bertz CT molecular complexity index is 2250. The van der Waals surface area contributed by atoms with Crippen LogP contribution in [0.25, 0.3) is 44.6 Å². The van der Waals surface area contributed by atoms with Crippen LogP contribution in [0.4, 0.5) is 11.4 Å². The lowest BCUT2D eigenvalue weighted by molar-refractivity contribution is 0.616. The highest BCUT2D eigenvalue weighted by Crippen LogP contribution is 2.57. The van der Waals surface area contributed by atoms with Crippen molar-refractivity contribution >= 4 is 39.1 Å². The van der Waals surface area contributed by atoms with Crippen molar-refractivity contribution in [3.05, 3.63) is 168 Å². The summed E-state index contributed by atoms with van der Waals surface area (Å²) >= 11 is 0. The molecule has 0 radical (unpaired) electrons. The minimum absolute atomic E-state index is 0.119. The first-order valence-electron chi connectivity index (χ1n) is 16.4. The van der Waals surface area contributed by atoms with Crippen LogP contribution in [0, 0.1) is 0 Å². The Kier molecular flexibility index (Phi) is 5.92. The SMILES string of the molecule is CC1c2c(c3c4c(c5ccccc5c3n2-c2ccccc2)-c2ccccc2C4(C)C)C=CC1N(c1ccccc1)c1ccccc1. The standard InChI is InChI=1S/C44H36N2/c1-29-38(45(30-17-7-4-8-18-30)31-19-9-5-10-20-31)28-27-36-40-41-39(35-25-15-16-26-37(35)44(41,2)3)33-23-13-14-24-34(33)43(40)46(42(29)36)32-21-11-6-12-22-32/h4-29,38H,1-3H3. The molecule has 2 heteroatoms. The van der Waals surface area contributed by atoms with E-state index in [1.54, 1.807) is 0 Å². The van der Waals surface area contributed by atoms with Crippen LogP contribution in [-0.2, 0) is 5.41 Å². The van der Waals surface area contributed by atoms with E-state index in [0.29, 0.717) is 0 Å². The highest BCUT2D eigenvalue weighted by atomic mass is 15.2. The number of fused-ring (bicyclic) bond motifs is 10. The molecule has 6 aromatic carbocycles. The molecule has 0 amide bonds. The maximum atomic E-state index is 2.60. The summed E-state index contributed by atoms with van der Waals surface area (Å²) in [7, 11) is 0. The van der Waals surface area contributed by atoms with Crippen molar-refractivity contribution in [2.75, 3.05) is 4.90 Å². The maximum Gasteiger partial charge on any atom is 0.0619 e. The van der Waals surface area contributed by atoms with Crippen LogP contribution >= 0.6 is 0 Å². The molecule has 0 saturated carbocycles. The molecule has 9 rings (SSSR count). The zero-order valence-electron chi connectivity index (χ0n) is 26.5. The molecule has 0 aliphatic heterocycles. The number of benzene rings is 6. The highest BCUT2D eigenvalue weighted by Gasteiger charge is 2.42. The highest BCUT2D eigenvalue weighted by molar-refractivity contribution is 6.20. The predicted octanol–water partition coefficient (Wildman–Crippen LogP) is 11.4. The van der Waals surface area contributed by atoms with Crippen molar-refractivity contribution < 1.29 is 0 Å². The normalized spacial score (nSPS) is 17.5. The minimum atomic E-state index is -0.140. The van der Waals surface area contributed by atoms with Crippen LogP contribution in [-0.4, -0.2) is 10.6 Å². The lowest BCUT2D eigenvalue weighted by Crippen LogP contribution is -2.36. The summed E-state index contributed by atoms with van der Waals surface area (Å²) in [6.07, 6.45) is 4.90. The van der Waals surface area contributed by atoms with E-state index in [9.17, 15) is 0 Å². The van der Waals surface area contributed by atoms with Crippen LogP contribution in [0.2, 0.25) is 0 Å². The average molecular weight is 593 g/mol. The van der Waals surface area contributed by atoms with Gasteiger partial charge in [-0.05, 0) is 64.0 Å². The third kappa shape index (κ3) is 3.70. The van der Waals surface area contributed by atoms with Crippen molar-refractivity contribution in [1.82, 2.24) is 4.57 Å². The number of hydrogen-bond acceptors (Lipinski definition) is 1. The van der Waals surface area contributed by atoms with E-state index < -0.39 is 0 Å². The number of para-hydroxylation sites is 3. The van der Waals surface area contributed by atoms with E-state index in [1.807, 2.05) is 0 Å². The van der Waals surface area contributed by atoms with Crippen LogP contribution in [0.1, 0.15) is 49.1 Å².